The van der Waals surface area contributed by atoms with E-state index in [1.54, 1.807) is 0 Å². The lowest BCUT2D eigenvalue weighted by molar-refractivity contribution is 0.652. The van der Waals surface area contributed by atoms with Crippen LogP contribution in [0.15, 0.2) is 146 Å². The average Bonchev–Trinajstić information content (AvgIpc) is 3.48. The molecule has 2 aliphatic carbocycles. The molecule has 0 unspecified atom stereocenters. The van der Waals surface area contributed by atoms with E-state index in [0.717, 1.165) is 0 Å². The quantitative estimate of drug-likeness (QED) is 0.135. The van der Waals surface area contributed by atoms with Gasteiger partial charge in [0.1, 0.15) is 0 Å². The van der Waals surface area contributed by atoms with Gasteiger partial charge in [-0.2, -0.15) is 0 Å². The van der Waals surface area contributed by atoms with Gasteiger partial charge in [0.2, 0.25) is 0 Å². The molecular weight excluding hydrogens is 577 g/mol. The highest BCUT2D eigenvalue weighted by Gasteiger charge is 2.41. The maximum Gasteiger partial charge on any atom is 0.0159 e. The van der Waals surface area contributed by atoms with Gasteiger partial charge in [0.15, 0.2) is 0 Å². The van der Waals surface area contributed by atoms with Crippen LogP contribution in [0, 0.1) is 0 Å². The van der Waals surface area contributed by atoms with Crippen molar-refractivity contribution >= 4 is 32.3 Å². The van der Waals surface area contributed by atoms with E-state index in [1.807, 2.05) is 0 Å². The van der Waals surface area contributed by atoms with E-state index in [4.69, 9.17) is 0 Å². The predicted octanol–water partition coefficient (Wildman–Crippen LogP) is 13.1. The molecule has 0 bridgehead atoms. The zero-order valence-electron chi connectivity index (χ0n) is 27.9. The normalized spacial score (nSPS) is 15.0. The van der Waals surface area contributed by atoms with Crippen LogP contribution in [0.4, 0.5) is 0 Å². The van der Waals surface area contributed by atoms with Crippen LogP contribution >= 0.6 is 0 Å². The smallest absolute Gasteiger partial charge is 0.0159 e. The molecule has 0 N–H and O–H groups in total. The van der Waals surface area contributed by atoms with Crippen molar-refractivity contribution in [3.63, 3.8) is 0 Å². The van der Waals surface area contributed by atoms with Crippen LogP contribution in [0.2, 0.25) is 0 Å². The van der Waals surface area contributed by atoms with Crippen LogP contribution in [0.25, 0.3) is 76.8 Å². The summed E-state index contributed by atoms with van der Waals surface area (Å²) in [5, 5.41) is 7.79. The van der Waals surface area contributed by atoms with Crippen LogP contribution in [0.1, 0.15) is 49.9 Å². The van der Waals surface area contributed by atoms with Crippen molar-refractivity contribution < 1.29 is 0 Å². The van der Waals surface area contributed by atoms with E-state index in [2.05, 4.69) is 173 Å². The Labute approximate surface area is 282 Å². The number of rotatable bonds is 2. The van der Waals surface area contributed by atoms with Crippen molar-refractivity contribution in [2.45, 2.75) is 38.5 Å². The Balaban J connectivity index is 1.27. The van der Waals surface area contributed by atoms with Crippen molar-refractivity contribution in [1.29, 1.82) is 0 Å². The minimum absolute atomic E-state index is 0.0207. The minimum Gasteiger partial charge on any atom is -0.0622 e. The van der Waals surface area contributed by atoms with Crippen molar-refractivity contribution in [1.82, 2.24) is 0 Å². The molecule has 0 spiro atoms. The molecule has 0 saturated carbocycles. The molecule has 0 heterocycles. The molecule has 10 rings (SSSR count). The number of hydrogen-bond acceptors (Lipinski definition) is 0. The fourth-order valence-electron chi connectivity index (χ4n) is 9.25. The largest absolute Gasteiger partial charge is 0.0622 e. The summed E-state index contributed by atoms with van der Waals surface area (Å²) in [6.07, 6.45) is 0. The average molecular weight is 613 g/mol. The summed E-state index contributed by atoms with van der Waals surface area (Å²) in [6.45, 7) is 9.61. The molecule has 8 aromatic rings. The zero-order chi connectivity index (χ0) is 32.4. The van der Waals surface area contributed by atoms with Crippen LogP contribution < -0.4 is 0 Å². The maximum absolute atomic E-state index is 2.52. The summed E-state index contributed by atoms with van der Waals surface area (Å²) < 4.78 is 0. The van der Waals surface area contributed by atoms with E-state index >= 15 is 0 Å². The second-order valence-corrected chi connectivity index (χ2v) is 14.9. The van der Waals surface area contributed by atoms with Gasteiger partial charge in [-0.25, -0.2) is 0 Å². The van der Waals surface area contributed by atoms with E-state index in [1.165, 1.54) is 99.1 Å². The Kier molecular flexibility index (Phi) is 5.50. The van der Waals surface area contributed by atoms with Crippen molar-refractivity contribution in [2.75, 3.05) is 0 Å². The number of benzene rings is 8. The first-order valence-corrected chi connectivity index (χ1v) is 17.2. The van der Waals surface area contributed by atoms with Gasteiger partial charge < -0.3 is 0 Å². The van der Waals surface area contributed by atoms with Gasteiger partial charge in [-0.15, -0.1) is 0 Å². The second kappa shape index (κ2) is 9.55. The Morgan fingerprint density at radius 3 is 1.65 bits per heavy atom. The van der Waals surface area contributed by atoms with Gasteiger partial charge in [0.25, 0.3) is 0 Å². The van der Waals surface area contributed by atoms with Crippen LogP contribution in [0.3, 0.4) is 0 Å². The molecule has 0 heteroatoms. The van der Waals surface area contributed by atoms with Gasteiger partial charge in [-0.3, -0.25) is 0 Å². The van der Waals surface area contributed by atoms with Crippen molar-refractivity contribution in [2.24, 2.45) is 0 Å². The number of hydrogen-bond donors (Lipinski definition) is 0. The topological polar surface area (TPSA) is 0 Å². The monoisotopic (exact) mass is 612 g/mol. The standard InChI is InChI=1S/C48H36/c1-47(2)40-21-13-12-18-33(40)38-27-43-39(28-42(38)47)34-24-23-31(26-41(34)48(43,3)4)45-36-20-11-10-19-35(36)44(30-15-6-5-7-16-30)37-25-22-29-14-8-9-17-32(29)46(37)45/h5-28H,1-4H3. The molecule has 0 radical (unpaired) electrons. The van der Waals surface area contributed by atoms with Gasteiger partial charge in [0, 0.05) is 10.8 Å². The molecule has 0 aromatic heterocycles. The Hall–Kier alpha value is -5.46. The van der Waals surface area contributed by atoms with Gasteiger partial charge >= 0.3 is 0 Å². The first kappa shape index (κ1) is 27.6. The lowest BCUT2D eigenvalue weighted by Crippen LogP contribution is -2.17. The summed E-state index contributed by atoms with van der Waals surface area (Å²) in [4.78, 5) is 0. The van der Waals surface area contributed by atoms with Gasteiger partial charge in [-0.05, 0) is 117 Å². The Morgan fingerprint density at radius 1 is 0.333 bits per heavy atom. The SMILES string of the molecule is CC1(C)c2ccccc2-c2cc3c(cc21)-c1ccc(-c2c4ccccc4c(-c4ccccc4)c4ccc5ccccc5c24)cc1C3(C)C. The van der Waals surface area contributed by atoms with Crippen LogP contribution in [-0.2, 0) is 10.8 Å². The van der Waals surface area contributed by atoms with Crippen LogP contribution in [-0.4, -0.2) is 0 Å². The third-order valence-electron chi connectivity index (χ3n) is 11.6. The fourth-order valence-corrected chi connectivity index (χ4v) is 9.25. The Bertz CT molecular complexity index is 2650. The summed E-state index contributed by atoms with van der Waals surface area (Å²) in [5.41, 5.74) is 16.3. The fraction of sp³-hybridized carbons (Fsp3) is 0.125. The highest BCUT2D eigenvalue weighted by atomic mass is 14.4. The predicted molar refractivity (Wildman–Crippen MR) is 205 cm³/mol. The van der Waals surface area contributed by atoms with Crippen molar-refractivity contribution in [3.05, 3.63) is 168 Å². The highest BCUT2D eigenvalue weighted by Crippen LogP contribution is 2.57. The first-order valence-electron chi connectivity index (χ1n) is 17.2. The summed E-state index contributed by atoms with van der Waals surface area (Å²) in [5.74, 6) is 0. The molecule has 2 aliphatic rings. The molecule has 48 heavy (non-hydrogen) atoms. The van der Waals surface area contributed by atoms with E-state index in [-0.39, 0.29) is 10.8 Å². The Morgan fingerprint density at radius 2 is 0.896 bits per heavy atom. The van der Waals surface area contributed by atoms with E-state index in [9.17, 15) is 0 Å². The first-order chi connectivity index (χ1) is 23.3. The van der Waals surface area contributed by atoms with E-state index < -0.39 is 0 Å². The minimum atomic E-state index is -0.130. The molecule has 8 aromatic carbocycles. The summed E-state index contributed by atoms with van der Waals surface area (Å²) in [7, 11) is 0. The van der Waals surface area contributed by atoms with Crippen LogP contribution in [0.5, 0.6) is 0 Å². The lowest BCUT2D eigenvalue weighted by atomic mass is 9.78. The summed E-state index contributed by atoms with van der Waals surface area (Å²) in [6, 6.07) is 54.8. The molecular formula is C48H36. The van der Waals surface area contributed by atoms with E-state index in [0.29, 0.717) is 0 Å². The molecule has 0 fully saturated rings. The third kappa shape index (κ3) is 3.55. The molecule has 0 saturated heterocycles. The molecule has 0 atom stereocenters. The molecule has 228 valence electrons. The lowest BCUT2D eigenvalue weighted by Gasteiger charge is -2.24. The van der Waals surface area contributed by atoms with Gasteiger partial charge in [-0.1, -0.05) is 155 Å². The van der Waals surface area contributed by atoms with Gasteiger partial charge in [0.05, 0.1) is 0 Å². The van der Waals surface area contributed by atoms with Crippen molar-refractivity contribution in [3.8, 4) is 44.5 Å². The molecule has 0 aliphatic heterocycles. The number of fused-ring (bicyclic) bond motifs is 10. The molecule has 0 amide bonds. The third-order valence-corrected chi connectivity index (χ3v) is 11.6. The second-order valence-electron chi connectivity index (χ2n) is 14.9. The molecule has 0 nitrogen and oxygen atoms in total. The zero-order valence-corrected chi connectivity index (χ0v) is 27.9. The highest BCUT2D eigenvalue weighted by molar-refractivity contribution is 6.28. The summed E-state index contributed by atoms with van der Waals surface area (Å²) >= 11 is 0. The maximum atomic E-state index is 2.52.